The molecule has 0 amide bonds. The van der Waals surface area contributed by atoms with Gasteiger partial charge in [0.2, 0.25) is 0 Å². The SMILES string of the molecule is CC(C(=O)[O-])c1cccc(C(=O)c2ccccc2)c1.CN(C)C(N(C(=N)NC1CCCCC1)c1ccccc1)=[N+](C)C. The number of benzene rings is 3. The smallest absolute Gasteiger partial charge is 0.362 e. The summed E-state index contributed by atoms with van der Waals surface area (Å²) in [5, 5.41) is 23.0. The van der Waals surface area contributed by atoms with Gasteiger partial charge in [-0.2, -0.15) is 4.90 Å². The third kappa shape index (κ3) is 8.77. The van der Waals surface area contributed by atoms with Crippen LogP contribution in [0.4, 0.5) is 5.69 Å². The Balaban J connectivity index is 0.000000235. The molecular formula is C34H43N5O3. The van der Waals surface area contributed by atoms with E-state index in [1.165, 1.54) is 19.3 Å². The van der Waals surface area contributed by atoms with E-state index in [-0.39, 0.29) is 5.78 Å². The predicted octanol–water partition coefficient (Wildman–Crippen LogP) is 4.31. The highest BCUT2D eigenvalue weighted by Gasteiger charge is 2.30. The Morgan fingerprint density at radius 3 is 2.00 bits per heavy atom. The van der Waals surface area contributed by atoms with E-state index in [0.29, 0.717) is 28.7 Å². The van der Waals surface area contributed by atoms with Crippen LogP contribution in [0.2, 0.25) is 0 Å². The number of rotatable bonds is 6. The average Bonchev–Trinajstić information content (AvgIpc) is 3.00. The predicted molar refractivity (Wildman–Crippen MR) is 167 cm³/mol. The molecule has 1 aliphatic carbocycles. The number of carbonyl (C=O) groups is 2. The number of carbonyl (C=O) groups excluding carboxylic acids is 2. The van der Waals surface area contributed by atoms with Crippen LogP contribution >= 0.6 is 0 Å². The second-order valence-electron chi connectivity index (χ2n) is 10.9. The highest BCUT2D eigenvalue weighted by Crippen LogP contribution is 2.20. The van der Waals surface area contributed by atoms with E-state index in [2.05, 4.69) is 5.32 Å². The maximum Gasteiger partial charge on any atom is 0.362 e. The molecule has 0 spiro atoms. The first kappa shape index (κ1) is 32.1. The Morgan fingerprint density at radius 2 is 1.45 bits per heavy atom. The third-order valence-corrected chi connectivity index (χ3v) is 7.22. The van der Waals surface area contributed by atoms with Crippen molar-refractivity contribution in [2.24, 2.45) is 0 Å². The molecule has 0 aromatic heterocycles. The van der Waals surface area contributed by atoms with Gasteiger partial charge in [0.15, 0.2) is 5.78 Å². The monoisotopic (exact) mass is 569 g/mol. The van der Waals surface area contributed by atoms with Crippen molar-refractivity contribution in [3.8, 4) is 0 Å². The van der Waals surface area contributed by atoms with Gasteiger partial charge >= 0.3 is 5.96 Å². The molecule has 8 heteroatoms. The van der Waals surface area contributed by atoms with Crippen molar-refractivity contribution >= 4 is 29.4 Å². The molecule has 1 aliphatic rings. The van der Waals surface area contributed by atoms with Gasteiger partial charge in [-0.1, -0.05) is 92.9 Å². The lowest BCUT2D eigenvalue weighted by Gasteiger charge is -2.29. The number of carboxylic acid groups (broad SMARTS) is 1. The van der Waals surface area contributed by atoms with Gasteiger partial charge in [-0.05, 0) is 36.6 Å². The van der Waals surface area contributed by atoms with Crippen LogP contribution in [0.5, 0.6) is 0 Å². The Labute approximate surface area is 249 Å². The molecule has 0 aliphatic heterocycles. The van der Waals surface area contributed by atoms with Gasteiger partial charge in [0.05, 0.1) is 28.2 Å². The fraction of sp³-hybridized carbons (Fsp3) is 0.353. The quantitative estimate of drug-likeness (QED) is 0.199. The van der Waals surface area contributed by atoms with Crippen molar-refractivity contribution in [2.75, 3.05) is 33.1 Å². The van der Waals surface area contributed by atoms with Crippen molar-refractivity contribution in [1.29, 1.82) is 5.41 Å². The summed E-state index contributed by atoms with van der Waals surface area (Å²) in [6.45, 7) is 1.54. The zero-order valence-electron chi connectivity index (χ0n) is 25.3. The summed E-state index contributed by atoms with van der Waals surface area (Å²) in [5.41, 5.74) is 2.64. The average molecular weight is 570 g/mol. The molecule has 1 atom stereocenters. The summed E-state index contributed by atoms with van der Waals surface area (Å²) in [6.07, 6.45) is 6.15. The van der Waals surface area contributed by atoms with E-state index in [9.17, 15) is 14.7 Å². The molecule has 8 nitrogen and oxygen atoms in total. The molecule has 0 saturated heterocycles. The first-order valence-corrected chi connectivity index (χ1v) is 14.4. The summed E-state index contributed by atoms with van der Waals surface area (Å²) < 4.78 is 2.05. The van der Waals surface area contributed by atoms with Gasteiger partial charge in [0.25, 0.3) is 5.96 Å². The number of nitrogens with zero attached hydrogens (tertiary/aromatic N) is 3. The first-order valence-electron chi connectivity index (χ1n) is 14.4. The van der Waals surface area contributed by atoms with Gasteiger partial charge in [-0.15, -0.1) is 0 Å². The van der Waals surface area contributed by atoms with Gasteiger partial charge in [0, 0.05) is 29.1 Å². The standard InChI is InChI=1S/C18H30N5.C16H14O3/c1-21(2)18(22(3)4)23(16-13-9-6-10-14-16)17(19)20-15-11-7-5-8-12-15;1-11(16(18)19)13-8-5-9-14(10-13)15(17)12-6-3-2-4-7-12/h6,9-10,13-15H,5,7-8,11-12H2,1-4H3,(H2,19,20);2-11H,1H3,(H,18,19)/q+1;/p-1. The highest BCUT2D eigenvalue weighted by atomic mass is 16.4. The number of guanidine groups is 2. The lowest BCUT2D eigenvalue weighted by Crippen LogP contribution is -2.54. The lowest BCUT2D eigenvalue weighted by atomic mass is 9.96. The third-order valence-electron chi connectivity index (χ3n) is 7.22. The van der Waals surface area contributed by atoms with Crippen molar-refractivity contribution in [1.82, 2.24) is 10.2 Å². The molecule has 1 fully saturated rings. The highest BCUT2D eigenvalue weighted by molar-refractivity contribution is 6.14. The lowest BCUT2D eigenvalue weighted by molar-refractivity contribution is -0.470. The molecule has 2 N–H and O–H groups in total. The summed E-state index contributed by atoms with van der Waals surface area (Å²) in [4.78, 5) is 27.1. The second kappa shape index (κ2) is 15.5. The van der Waals surface area contributed by atoms with Crippen molar-refractivity contribution in [2.45, 2.75) is 51.0 Å². The number of nitrogens with one attached hydrogen (secondary N) is 2. The maximum atomic E-state index is 12.2. The summed E-state index contributed by atoms with van der Waals surface area (Å²) in [5.74, 6) is -0.592. The van der Waals surface area contributed by atoms with Crippen LogP contribution in [-0.2, 0) is 4.79 Å². The topological polar surface area (TPSA) is 103 Å². The van der Waals surface area contributed by atoms with E-state index >= 15 is 0 Å². The summed E-state index contributed by atoms with van der Waals surface area (Å²) >= 11 is 0. The van der Waals surface area contributed by atoms with Crippen molar-refractivity contribution in [3.05, 3.63) is 102 Å². The van der Waals surface area contributed by atoms with E-state index < -0.39 is 11.9 Å². The van der Waals surface area contributed by atoms with E-state index in [4.69, 9.17) is 5.41 Å². The largest absolute Gasteiger partial charge is 0.550 e. The number of hydrogen-bond acceptors (Lipinski definition) is 4. The van der Waals surface area contributed by atoms with Gasteiger partial charge < -0.3 is 15.2 Å². The molecule has 3 aromatic carbocycles. The number of ketones is 1. The summed E-state index contributed by atoms with van der Waals surface area (Å²) in [7, 11) is 8.05. The number of carboxylic acids is 1. The minimum atomic E-state index is -1.15. The van der Waals surface area contributed by atoms with Crippen molar-refractivity contribution < 1.29 is 19.3 Å². The number of para-hydroxylation sites is 1. The molecule has 3 aromatic rings. The number of anilines is 1. The molecule has 1 saturated carbocycles. The van der Waals surface area contributed by atoms with E-state index in [1.54, 1.807) is 55.5 Å². The van der Waals surface area contributed by atoms with Crippen LogP contribution in [0.1, 0.15) is 66.4 Å². The molecule has 0 heterocycles. The van der Waals surface area contributed by atoms with Crippen LogP contribution in [0, 0.1) is 5.41 Å². The molecule has 0 bridgehead atoms. The first-order chi connectivity index (χ1) is 20.1. The molecule has 1 unspecified atom stereocenters. The molecule has 42 heavy (non-hydrogen) atoms. The van der Waals surface area contributed by atoms with Crippen LogP contribution in [0.15, 0.2) is 84.9 Å². The minimum absolute atomic E-state index is 0.118. The number of hydrogen-bond donors (Lipinski definition) is 2. The van der Waals surface area contributed by atoms with Crippen LogP contribution in [0.3, 0.4) is 0 Å². The second-order valence-corrected chi connectivity index (χ2v) is 10.9. The van der Waals surface area contributed by atoms with Crippen LogP contribution in [0.25, 0.3) is 0 Å². The van der Waals surface area contributed by atoms with Crippen LogP contribution in [-0.4, -0.2) is 67.4 Å². The molecule has 4 rings (SSSR count). The van der Waals surface area contributed by atoms with Gasteiger partial charge in [-0.3, -0.25) is 19.7 Å². The van der Waals surface area contributed by atoms with Crippen molar-refractivity contribution in [3.63, 3.8) is 0 Å². The maximum absolute atomic E-state index is 12.2. The van der Waals surface area contributed by atoms with Crippen LogP contribution < -0.4 is 15.3 Å². The van der Waals surface area contributed by atoms with Gasteiger partial charge in [-0.25, -0.2) is 0 Å². The Kier molecular flexibility index (Phi) is 11.8. The summed E-state index contributed by atoms with van der Waals surface area (Å²) in [6, 6.07) is 26.1. The van der Waals surface area contributed by atoms with E-state index in [1.807, 2.05) is 79.0 Å². The van der Waals surface area contributed by atoms with Gasteiger partial charge in [0.1, 0.15) is 5.69 Å². The zero-order valence-corrected chi connectivity index (χ0v) is 25.3. The number of aliphatic carboxylic acids is 1. The Morgan fingerprint density at radius 1 is 0.881 bits per heavy atom. The fourth-order valence-corrected chi connectivity index (χ4v) is 5.07. The normalized spacial score (nSPS) is 13.5. The Bertz CT molecular complexity index is 1360. The fourth-order valence-electron chi connectivity index (χ4n) is 5.07. The minimum Gasteiger partial charge on any atom is -0.550 e. The molecular weight excluding hydrogens is 526 g/mol. The van der Waals surface area contributed by atoms with E-state index in [0.717, 1.165) is 24.5 Å². The Hall–Kier alpha value is -4.46. The molecule has 222 valence electrons. The zero-order chi connectivity index (χ0) is 30.6. The molecule has 0 radical (unpaired) electrons.